The van der Waals surface area contributed by atoms with Crippen molar-refractivity contribution in [1.29, 1.82) is 0 Å². The average Bonchev–Trinajstić information content (AvgIpc) is 3.24. The van der Waals surface area contributed by atoms with Gasteiger partial charge in [-0.05, 0) is 30.3 Å². The van der Waals surface area contributed by atoms with Gasteiger partial charge in [0.2, 0.25) is 0 Å². The Balaban J connectivity index is 1.96. The van der Waals surface area contributed by atoms with E-state index in [0.29, 0.717) is 5.56 Å². The first-order valence-electron chi connectivity index (χ1n) is 9.28. The molecule has 1 aliphatic heterocycles. The molecule has 0 radical (unpaired) electrons. The first-order valence-corrected chi connectivity index (χ1v) is 9.28. The summed E-state index contributed by atoms with van der Waals surface area (Å²) < 4.78 is 8.13. The van der Waals surface area contributed by atoms with E-state index in [1.54, 1.807) is 0 Å². The monoisotopic (exact) mass is 375 g/mol. The molecule has 1 aliphatic rings. The third kappa shape index (κ3) is 2.66. The smallest absolute Gasteiger partial charge is 0.340 e. The van der Waals surface area contributed by atoms with Crippen LogP contribution in [0.1, 0.15) is 27.0 Å². The molecule has 0 bridgehead atoms. The molecule has 4 rings (SSSR count). The molecule has 5 nitrogen and oxygen atoms in total. The zero-order valence-electron chi connectivity index (χ0n) is 16.9. The van der Waals surface area contributed by atoms with Crippen LogP contribution in [0.15, 0.2) is 60.9 Å². The second-order valence-electron chi connectivity index (χ2n) is 7.70. The van der Waals surface area contributed by atoms with Gasteiger partial charge in [-0.1, -0.05) is 18.2 Å². The molecular weight excluding hydrogens is 350 g/mol. The van der Waals surface area contributed by atoms with E-state index in [9.17, 15) is 4.79 Å². The highest BCUT2D eigenvalue weighted by molar-refractivity contribution is 5.97. The van der Waals surface area contributed by atoms with Crippen molar-refractivity contribution in [3.63, 3.8) is 0 Å². The number of benzene rings is 2. The van der Waals surface area contributed by atoms with Crippen molar-refractivity contribution in [2.75, 3.05) is 38.0 Å². The fourth-order valence-corrected chi connectivity index (χ4v) is 3.84. The fourth-order valence-electron chi connectivity index (χ4n) is 3.84. The predicted molar refractivity (Wildman–Crippen MR) is 112 cm³/mol. The molecule has 0 fully saturated rings. The SMILES string of the molecule is CN(C)c1ccc(C2(c3ccn(C)c3)OC(=O)c3cc(N(C)C)ccc32)cc1. The lowest BCUT2D eigenvalue weighted by atomic mass is 9.81. The zero-order valence-corrected chi connectivity index (χ0v) is 16.9. The number of aryl methyl sites for hydroxylation is 1. The molecule has 1 atom stereocenters. The van der Waals surface area contributed by atoms with Crippen LogP contribution in [0.2, 0.25) is 0 Å². The summed E-state index contributed by atoms with van der Waals surface area (Å²) in [7, 11) is 9.92. The maximum absolute atomic E-state index is 12.9. The minimum absolute atomic E-state index is 0.292. The third-order valence-corrected chi connectivity index (χ3v) is 5.39. The molecule has 0 amide bonds. The zero-order chi connectivity index (χ0) is 20.1. The lowest BCUT2D eigenvalue weighted by molar-refractivity contribution is 0.0251. The highest BCUT2D eigenvalue weighted by Crippen LogP contribution is 2.48. The van der Waals surface area contributed by atoms with Gasteiger partial charge in [-0.3, -0.25) is 0 Å². The highest BCUT2D eigenvalue weighted by Gasteiger charge is 2.49. The van der Waals surface area contributed by atoms with Crippen LogP contribution in [0, 0.1) is 0 Å². The van der Waals surface area contributed by atoms with Crippen molar-refractivity contribution in [3.05, 3.63) is 83.2 Å². The van der Waals surface area contributed by atoms with E-state index < -0.39 is 5.60 Å². The number of hydrogen-bond donors (Lipinski definition) is 0. The lowest BCUT2D eigenvalue weighted by Crippen LogP contribution is -2.29. The molecule has 28 heavy (non-hydrogen) atoms. The third-order valence-electron chi connectivity index (χ3n) is 5.39. The Morgan fingerprint density at radius 2 is 1.50 bits per heavy atom. The van der Waals surface area contributed by atoms with E-state index in [0.717, 1.165) is 28.1 Å². The summed E-state index contributed by atoms with van der Waals surface area (Å²) >= 11 is 0. The number of nitrogens with zero attached hydrogens (tertiary/aromatic N) is 3. The van der Waals surface area contributed by atoms with Crippen LogP contribution >= 0.6 is 0 Å². The van der Waals surface area contributed by atoms with E-state index in [1.807, 2.05) is 93.5 Å². The normalized spacial score (nSPS) is 18.0. The summed E-state index contributed by atoms with van der Waals surface area (Å²) in [5.74, 6) is -0.292. The summed E-state index contributed by atoms with van der Waals surface area (Å²) in [5.41, 5.74) is 4.51. The van der Waals surface area contributed by atoms with Crippen molar-refractivity contribution < 1.29 is 9.53 Å². The summed E-state index contributed by atoms with van der Waals surface area (Å²) in [5, 5.41) is 0. The van der Waals surface area contributed by atoms with Gasteiger partial charge in [0.25, 0.3) is 0 Å². The number of fused-ring (bicyclic) bond motifs is 1. The van der Waals surface area contributed by atoms with Crippen LogP contribution < -0.4 is 9.80 Å². The average molecular weight is 375 g/mol. The Morgan fingerprint density at radius 1 is 0.857 bits per heavy atom. The predicted octanol–water partition coefficient (Wildman–Crippen LogP) is 3.62. The van der Waals surface area contributed by atoms with Gasteiger partial charge >= 0.3 is 5.97 Å². The Kier molecular flexibility index (Phi) is 4.18. The van der Waals surface area contributed by atoms with Crippen molar-refractivity contribution in [2.24, 2.45) is 7.05 Å². The van der Waals surface area contributed by atoms with Crippen molar-refractivity contribution >= 4 is 17.3 Å². The van der Waals surface area contributed by atoms with E-state index in [4.69, 9.17) is 4.74 Å². The second kappa shape index (κ2) is 6.44. The van der Waals surface area contributed by atoms with Gasteiger partial charge in [0.1, 0.15) is 0 Å². The van der Waals surface area contributed by atoms with E-state index in [2.05, 4.69) is 17.0 Å². The molecule has 1 unspecified atom stereocenters. The largest absolute Gasteiger partial charge is 0.441 e. The molecule has 144 valence electrons. The molecule has 0 aliphatic carbocycles. The maximum Gasteiger partial charge on any atom is 0.340 e. The number of carbonyl (C=O) groups excluding carboxylic acids is 1. The van der Waals surface area contributed by atoms with Gasteiger partial charge in [-0.25, -0.2) is 4.79 Å². The number of aromatic nitrogens is 1. The Labute approximate surface area is 165 Å². The summed E-state index contributed by atoms with van der Waals surface area (Å²) in [6.45, 7) is 0. The van der Waals surface area contributed by atoms with Gasteiger partial charge in [-0.15, -0.1) is 0 Å². The molecule has 3 aromatic rings. The number of hydrogen-bond acceptors (Lipinski definition) is 4. The van der Waals surface area contributed by atoms with Gasteiger partial charge in [-0.2, -0.15) is 0 Å². The van der Waals surface area contributed by atoms with Gasteiger partial charge < -0.3 is 19.1 Å². The first kappa shape index (κ1) is 18.2. The first-order chi connectivity index (χ1) is 13.3. The Morgan fingerprint density at radius 3 is 2.07 bits per heavy atom. The fraction of sp³-hybridized carbons (Fsp3) is 0.261. The summed E-state index contributed by atoms with van der Waals surface area (Å²) in [4.78, 5) is 17.0. The Hall–Kier alpha value is -3.21. The van der Waals surface area contributed by atoms with Crippen molar-refractivity contribution in [1.82, 2.24) is 4.57 Å². The van der Waals surface area contributed by atoms with E-state index in [1.165, 1.54) is 0 Å². The number of carbonyl (C=O) groups is 1. The number of rotatable bonds is 4. The van der Waals surface area contributed by atoms with Gasteiger partial charge in [0, 0.05) is 75.7 Å². The summed E-state index contributed by atoms with van der Waals surface area (Å²) in [6.07, 6.45) is 3.99. The van der Waals surface area contributed by atoms with E-state index >= 15 is 0 Å². The molecule has 1 aromatic heterocycles. The lowest BCUT2D eigenvalue weighted by Gasteiger charge is -2.29. The second-order valence-corrected chi connectivity index (χ2v) is 7.70. The molecular formula is C23H25N3O2. The molecule has 0 saturated heterocycles. The van der Waals surface area contributed by atoms with E-state index in [-0.39, 0.29) is 5.97 Å². The topological polar surface area (TPSA) is 37.7 Å². The van der Waals surface area contributed by atoms with Crippen molar-refractivity contribution in [3.8, 4) is 0 Å². The van der Waals surface area contributed by atoms with Crippen LogP contribution in [-0.4, -0.2) is 38.7 Å². The van der Waals surface area contributed by atoms with Gasteiger partial charge in [0.05, 0.1) is 5.56 Å². The summed E-state index contributed by atoms with van der Waals surface area (Å²) in [6, 6.07) is 16.2. The maximum atomic E-state index is 12.9. The minimum atomic E-state index is -0.941. The number of ether oxygens (including phenoxy) is 1. The Bertz CT molecular complexity index is 1030. The molecule has 0 N–H and O–H groups in total. The van der Waals surface area contributed by atoms with Crippen LogP contribution in [0.25, 0.3) is 0 Å². The van der Waals surface area contributed by atoms with Crippen LogP contribution in [0.3, 0.4) is 0 Å². The number of anilines is 2. The molecule has 0 spiro atoms. The quantitative estimate of drug-likeness (QED) is 0.653. The van der Waals surface area contributed by atoms with Crippen LogP contribution in [0.5, 0.6) is 0 Å². The highest BCUT2D eigenvalue weighted by atomic mass is 16.6. The number of cyclic esters (lactones) is 1. The molecule has 2 aromatic carbocycles. The molecule has 0 saturated carbocycles. The van der Waals surface area contributed by atoms with Gasteiger partial charge in [0.15, 0.2) is 5.60 Å². The molecule has 2 heterocycles. The van der Waals surface area contributed by atoms with Crippen LogP contribution in [0.4, 0.5) is 11.4 Å². The van der Waals surface area contributed by atoms with Crippen LogP contribution in [-0.2, 0) is 17.4 Å². The number of esters is 1. The standard InChI is InChI=1S/C23H25N3O2/c1-24(2)18-8-6-16(7-9-18)23(17-12-13-26(5)15-17)21-11-10-19(25(3)4)14-20(21)22(27)28-23/h6-15H,1-5H3. The minimum Gasteiger partial charge on any atom is -0.441 e. The molecule has 5 heteroatoms. The van der Waals surface area contributed by atoms with Crippen molar-refractivity contribution in [2.45, 2.75) is 5.60 Å².